The molecule has 1 fully saturated rings. The number of ether oxygens (including phenoxy) is 1. The number of hydrogen-bond donors (Lipinski definition) is 0. The van der Waals surface area contributed by atoms with Gasteiger partial charge in [-0.05, 0) is 36.8 Å². The fourth-order valence-electron chi connectivity index (χ4n) is 3.63. The van der Waals surface area contributed by atoms with Crippen molar-refractivity contribution in [2.75, 3.05) is 24.5 Å². The summed E-state index contributed by atoms with van der Waals surface area (Å²) in [6, 6.07) is 7.08. The maximum Gasteiger partial charge on any atom is 0.491 e. The number of benzene rings is 1. The summed E-state index contributed by atoms with van der Waals surface area (Å²) in [6.45, 7) is -0.0169. The van der Waals surface area contributed by atoms with Crippen molar-refractivity contribution in [1.82, 2.24) is 20.0 Å². The quantitative estimate of drug-likeness (QED) is 0.382. The van der Waals surface area contributed by atoms with Gasteiger partial charge in [0.05, 0.1) is 12.7 Å². The summed E-state index contributed by atoms with van der Waals surface area (Å²) in [5, 5.41) is 3.73. The van der Waals surface area contributed by atoms with Gasteiger partial charge in [0.1, 0.15) is 5.82 Å². The number of esters is 1. The standard InChI is InChI=1S/C22H19F4N5O4/c23-16-5-2-14(3-6-16)19-15(12-29-35-19)4-7-17(32)31-11-10-30(21-27-8-1-9-28-21)13-18(31)34-20(33)22(24,25)26/h1-3,5-6,8-9,12,18H,4,7,10-11,13H2. The van der Waals surface area contributed by atoms with Gasteiger partial charge in [-0.15, -0.1) is 0 Å². The van der Waals surface area contributed by atoms with Crippen LogP contribution >= 0.6 is 0 Å². The Balaban J connectivity index is 1.47. The van der Waals surface area contributed by atoms with Crippen molar-refractivity contribution in [3.05, 3.63) is 60.3 Å². The van der Waals surface area contributed by atoms with Crippen molar-refractivity contribution in [2.24, 2.45) is 0 Å². The number of amides is 1. The van der Waals surface area contributed by atoms with Crippen molar-refractivity contribution < 1.29 is 36.4 Å². The molecule has 0 radical (unpaired) electrons. The number of aryl methyl sites for hydroxylation is 1. The number of carbonyl (C=O) groups excluding carboxylic acids is 2. The van der Waals surface area contributed by atoms with Crippen LogP contribution in [-0.2, 0) is 20.7 Å². The fourth-order valence-corrected chi connectivity index (χ4v) is 3.63. The van der Waals surface area contributed by atoms with Crippen molar-refractivity contribution in [3.8, 4) is 11.3 Å². The Hall–Kier alpha value is -4.03. The lowest BCUT2D eigenvalue weighted by atomic mass is 10.0. The summed E-state index contributed by atoms with van der Waals surface area (Å²) < 4.78 is 61.7. The molecule has 1 aromatic carbocycles. The molecular weight excluding hydrogens is 474 g/mol. The third kappa shape index (κ3) is 5.73. The zero-order chi connectivity index (χ0) is 25.0. The third-order valence-corrected chi connectivity index (χ3v) is 5.32. The number of rotatable bonds is 6. The van der Waals surface area contributed by atoms with E-state index >= 15 is 0 Å². The van der Waals surface area contributed by atoms with E-state index in [4.69, 9.17) is 4.52 Å². The van der Waals surface area contributed by atoms with E-state index in [2.05, 4.69) is 19.9 Å². The highest BCUT2D eigenvalue weighted by Crippen LogP contribution is 2.26. The first kappa shape index (κ1) is 24.1. The Morgan fingerprint density at radius 3 is 2.51 bits per heavy atom. The molecule has 0 bridgehead atoms. The van der Waals surface area contributed by atoms with Crippen molar-refractivity contribution in [2.45, 2.75) is 25.2 Å². The molecule has 3 aromatic rings. The summed E-state index contributed by atoms with van der Waals surface area (Å²) in [6.07, 6.45) is -2.32. The molecule has 13 heteroatoms. The Bertz CT molecular complexity index is 1170. The van der Waals surface area contributed by atoms with Crippen LogP contribution in [0.4, 0.5) is 23.5 Å². The molecule has 1 atom stereocenters. The molecule has 184 valence electrons. The topological polar surface area (TPSA) is 102 Å². The van der Waals surface area contributed by atoms with Crippen LogP contribution in [0.3, 0.4) is 0 Å². The smallest absolute Gasteiger partial charge is 0.433 e. The van der Waals surface area contributed by atoms with E-state index in [0.29, 0.717) is 16.9 Å². The van der Waals surface area contributed by atoms with E-state index in [1.165, 1.54) is 47.8 Å². The minimum Gasteiger partial charge on any atom is -0.433 e. The van der Waals surface area contributed by atoms with Gasteiger partial charge in [0.15, 0.2) is 12.0 Å². The van der Waals surface area contributed by atoms with Gasteiger partial charge in [0.2, 0.25) is 11.9 Å². The average Bonchev–Trinajstić information content (AvgIpc) is 3.31. The molecule has 0 N–H and O–H groups in total. The minimum absolute atomic E-state index is 0.0126. The molecule has 3 heterocycles. The molecule has 1 aliphatic heterocycles. The van der Waals surface area contributed by atoms with E-state index in [1.807, 2.05) is 0 Å². The van der Waals surface area contributed by atoms with E-state index in [9.17, 15) is 27.2 Å². The van der Waals surface area contributed by atoms with Crippen molar-refractivity contribution >= 4 is 17.8 Å². The molecule has 35 heavy (non-hydrogen) atoms. The molecule has 4 rings (SSSR count). The van der Waals surface area contributed by atoms with E-state index in [-0.39, 0.29) is 38.4 Å². The Labute approximate surface area is 196 Å². The first-order chi connectivity index (χ1) is 16.7. The molecule has 9 nitrogen and oxygen atoms in total. The maximum atomic E-state index is 13.2. The Morgan fingerprint density at radius 2 is 1.83 bits per heavy atom. The zero-order valence-electron chi connectivity index (χ0n) is 18.1. The number of hydrogen-bond acceptors (Lipinski definition) is 8. The first-order valence-corrected chi connectivity index (χ1v) is 10.5. The lowest BCUT2D eigenvalue weighted by Gasteiger charge is -2.40. The summed E-state index contributed by atoms with van der Waals surface area (Å²) >= 11 is 0. The molecular formula is C22H19F4N5O4. The van der Waals surface area contributed by atoms with Crippen molar-refractivity contribution in [3.63, 3.8) is 0 Å². The van der Waals surface area contributed by atoms with E-state index in [0.717, 1.165) is 4.90 Å². The summed E-state index contributed by atoms with van der Waals surface area (Å²) in [7, 11) is 0. The van der Waals surface area contributed by atoms with Crippen LogP contribution in [0.1, 0.15) is 12.0 Å². The summed E-state index contributed by atoms with van der Waals surface area (Å²) in [4.78, 5) is 35.2. The lowest BCUT2D eigenvalue weighted by Crippen LogP contribution is -2.58. The predicted octanol–water partition coefficient (Wildman–Crippen LogP) is 2.98. The van der Waals surface area contributed by atoms with Crippen LogP contribution in [0.25, 0.3) is 11.3 Å². The normalized spacial score (nSPS) is 16.3. The van der Waals surface area contributed by atoms with Crippen LogP contribution in [0.5, 0.6) is 0 Å². The molecule has 1 amide bonds. The molecule has 1 unspecified atom stereocenters. The lowest BCUT2D eigenvalue weighted by molar-refractivity contribution is -0.213. The highest BCUT2D eigenvalue weighted by Gasteiger charge is 2.45. The maximum absolute atomic E-state index is 13.2. The highest BCUT2D eigenvalue weighted by molar-refractivity contribution is 5.79. The van der Waals surface area contributed by atoms with Gasteiger partial charge in [0.25, 0.3) is 0 Å². The van der Waals surface area contributed by atoms with Crippen LogP contribution in [0.2, 0.25) is 0 Å². The number of nitrogens with zero attached hydrogens (tertiary/aromatic N) is 5. The predicted molar refractivity (Wildman–Crippen MR) is 112 cm³/mol. The molecule has 0 saturated carbocycles. The van der Waals surface area contributed by atoms with Gasteiger partial charge in [-0.2, -0.15) is 13.2 Å². The second kappa shape index (κ2) is 10.1. The number of carbonyl (C=O) groups is 2. The molecule has 2 aromatic heterocycles. The summed E-state index contributed by atoms with van der Waals surface area (Å²) in [5.74, 6) is -2.76. The molecule has 0 spiro atoms. The minimum atomic E-state index is -5.22. The van der Waals surface area contributed by atoms with E-state index < -0.39 is 30.1 Å². The van der Waals surface area contributed by atoms with Gasteiger partial charge in [-0.3, -0.25) is 4.79 Å². The number of aromatic nitrogens is 3. The molecule has 1 saturated heterocycles. The molecule has 0 aliphatic carbocycles. The number of anilines is 1. The van der Waals surface area contributed by atoms with Gasteiger partial charge in [-0.25, -0.2) is 19.2 Å². The van der Waals surface area contributed by atoms with Crippen LogP contribution in [0, 0.1) is 5.82 Å². The van der Waals surface area contributed by atoms with Crippen LogP contribution < -0.4 is 4.90 Å². The number of piperazine rings is 1. The van der Waals surface area contributed by atoms with Gasteiger partial charge in [-0.1, -0.05) is 5.16 Å². The zero-order valence-corrected chi connectivity index (χ0v) is 18.1. The third-order valence-electron chi connectivity index (χ3n) is 5.32. The first-order valence-electron chi connectivity index (χ1n) is 10.5. The second-order valence-electron chi connectivity index (χ2n) is 7.63. The molecule has 1 aliphatic rings. The summed E-state index contributed by atoms with van der Waals surface area (Å²) in [5.41, 5.74) is 1.12. The van der Waals surface area contributed by atoms with Gasteiger partial charge < -0.3 is 19.1 Å². The SMILES string of the molecule is O=C(CCc1cnoc1-c1ccc(F)cc1)N1CCN(c2ncccn2)CC1OC(=O)C(F)(F)F. The van der Waals surface area contributed by atoms with Gasteiger partial charge >= 0.3 is 12.1 Å². The largest absolute Gasteiger partial charge is 0.491 e. The average molecular weight is 493 g/mol. The monoisotopic (exact) mass is 493 g/mol. The van der Waals surface area contributed by atoms with Crippen LogP contribution in [0.15, 0.2) is 53.4 Å². The fraction of sp³-hybridized carbons (Fsp3) is 0.318. The van der Waals surface area contributed by atoms with E-state index in [1.54, 1.807) is 6.07 Å². The van der Waals surface area contributed by atoms with Crippen LogP contribution in [-0.4, -0.2) is 63.9 Å². The van der Waals surface area contributed by atoms with Crippen molar-refractivity contribution in [1.29, 1.82) is 0 Å². The second-order valence-corrected chi connectivity index (χ2v) is 7.63. The number of halogens is 4. The Morgan fingerprint density at radius 1 is 1.11 bits per heavy atom. The van der Waals surface area contributed by atoms with Gasteiger partial charge in [0, 0.05) is 43.0 Å². The highest BCUT2D eigenvalue weighted by atomic mass is 19.4. The number of alkyl halides is 3. The Kier molecular flexibility index (Phi) is 6.94.